The van der Waals surface area contributed by atoms with Crippen LogP contribution in [0.4, 0.5) is 5.82 Å². The van der Waals surface area contributed by atoms with Gasteiger partial charge in [-0.25, -0.2) is 4.79 Å². The Bertz CT molecular complexity index is 414. The SMILES string of the molecule is CCCCCCCCCCCCn1ccc(N)nc1=O. The summed E-state index contributed by atoms with van der Waals surface area (Å²) in [5.74, 6) is 0.300. The highest BCUT2D eigenvalue weighted by atomic mass is 16.1. The number of anilines is 1. The minimum absolute atomic E-state index is 0.235. The van der Waals surface area contributed by atoms with Crippen LogP contribution >= 0.6 is 0 Å². The molecular weight excluding hydrogens is 250 g/mol. The van der Waals surface area contributed by atoms with Crippen LogP contribution in [-0.4, -0.2) is 9.55 Å². The summed E-state index contributed by atoms with van der Waals surface area (Å²) in [7, 11) is 0. The molecule has 0 aliphatic rings. The molecule has 0 aliphatic heterocycles. The zero-order chi connectivity index (χ0) is 14.6. The second kappa shape index (κ2) is 10.5. The summed E-state index contributed by atoms with van der Waals surface area (Å²) in [6.45, 7) is 3.00. The lowest BCUT2D eigenvalue weighted by Gasteiger charge is -2.05. The minimum atomic E-state index is -0.235. The van der Waals surface area contributed by atoms with Crippen LogP contribution in [0.15, 0.2) is 17.1 Å². The van der Waals surface area contributed by atoms with Gasteiger partial charge in [-0.05, 0) is 12.5 Å². The molecule has 1 rings (SSSR count). The molecule has 4 heteroatoms. The van der Waals surface area contributed by atoms with Gasteiger partial charge in [0.05, 0.1) is 0 Å². The van der Waals surface area contributed by atoms with Crippen LogP contribution < -0.4 is 11.4 Å². The summed E-state index contributed by atoms with van der Waals surface area (Å²) >= 11 is 0. The minimum Gasteiger partial charge on any atom is -0.383 e. The third kappa shape index (κ3) is 7.31. The van der Waals surface area contributed by atoms with Crippen LogP contribution in [0.1, 0.15) is 71.1 Å². The summed E-state index contributed by atoms with van der Waals surface area (Å²) in [6.07, 6.45) is 14.8. The van der Waals surface area contributed by atoms with Crippen LogP contribution in [-0.2, 0) is 6.54 Å². The van der Waals surface area contributed by atoms with E-state index in [0.29, 0.717) is 5.82 Å². The van der Waals surface area contributed by atoms with E-state index in [-0.39, 0.29) is 5.69 Å². The van der Waals surface area contributed by atoms with Gasteiger partial charge in [0, 0.05) is 12.7 Å². The Morgan fingerprint density at radius 2 is 1.55 bits per heavy atom. The summed E-state index contributed by atoms with van der Waals surface area (Å²) in [4.78, 5) is 15.2. The van der Waals surface area contributed by atoms with Crippen molar-refractivity contribution >= 4 is 5.82 Å². The number of hydrogen-bond donors (Lipinski definition) is 1. The monoisotopic (exact) mass is 279 g/mol. The van der Waals surface area contributed by atoms with Crippen molar-refractivity contribution in [1.29, 1.82) is 0 Å². The number of aromatic nitrogens is 2. The van der Waals surface area contributed by atoms with Gasteiger partial charge >= 0.3 is 5.69 Å². The molecule has 4 nitrogen and oxygen atoms in total. The highest BCUT2D eigenvalue weighted by Crippen LogP contribution is 2.10. The summed E-state index contributed by atoms with van der Waals surface area (Å²) in [5.41, 5.74) is 5.22. The van der Waals surface area contributed by atoms with Crippen molar-refractivity contribution in [2.45, 2.75) is 77.7 Å². The molecule has 0 spiro atoms. The number of aryl methyl sites for hydroxylation is 1. The first-order valence-corrected chi connectivity index (χ1v) is 8.07. The first kappa shape index (κ1) is 16.7. The fourth-order valence-corrected chi connectivity index (χ4v) is 2.38. The standard InChI is InChI=1S/C16H29N3O/c1-2-3-4-5-6-7-8-9-10-11-13-19-14-12-15(17)18-16(19)20/h12,14H,2-11,13H2,1H3,(H2,17,18,20). The first-order valence-electron chi connectivity index (χ1n) is 8.07. The molecule has 0 aliphatic carbocycles. The van der Waals surface area contributed by atoms with E-state index in [9.17, 15) is 4.79 Å². The smallest absolute Gasteiger partial charge is 0.349 e. The van der Waals surface area contributed by atoms with Crippen molar-refractivity contribution in [2.75, 3.05) is 5.73 Å². The molecule has 2 N–H and O–H groups in total. The maximum atomic E-state index is 11.5. The summed E-state index contributed by atoms with van der Waals surface area (Å²) in [5, 5.41) is 0. The molecule has 0 bridgehead atoms. The van der Waals surface area contributed by atoms with Gasteiger partial charge in [0.2, 0.25) is 0 Å². The van der Waals surface area contributed by atoms with Crippen LogP contribution in [0.5, 0.6) is 0 Å². The number of hydrogen-bond acceptors (Lipinski definition) is 3. The van der Waals surface area contributed by atoms with Crippen LogP contribution in [0, 0.1) is 0 Å². The Morgan fingerprint density at radius 3 is 2.10 bits per heavy atom. The molecule has 0 unspecified atom stereocenters. The molecule has 0 saturated heterocycles. The Morgan fingerprint density at radius 1 is 1.00 bits per heavy atom. The Labute approximate surface area is 122 Å². The van der Waals surface area contributed by atoms with E-state index in [1.165, 1.54) is 57.8 Å². The first-order chi connectivity index (χ1) is 9.74. The summed E-state index contributed by atoms with van der Waals surface area (Å²) < 4.78 is 1.64. The van der Waals surface area contributed by atoms with Gasteiger partial charge in [-0.2, -0.15) is 4.98 Å². The predicted octanol–water partition coefficient (Wildman–Crippen LogP) is 3.75. The van der Waals surface area contributed by atoms with E-state index in [4.69, 9.17) is 5.73 Å². The normalized spacial score (nSPS) is 10.8. The van der Waals surface area contributed by atoms with Crippen LogP contribution in [0.25, 0.3) is 0 Å². The fourth-order valence-electron chi connectivity index (χ4n) is 2.38. The fraction of sp³-hybridized carbons (Fsp3) is 0.750. The lowest BCUT2D eigenvalue weighted by Crippen LogP contribution is -2.23. The second-order valence-corrected chi connectivity index (χ2v) is 5.51. The van der Waals surface area contributed by atoms with Crippen LogP contribution in [0.3, 0.4) is 0 Å². The highest BCUT2D eigenvalue weighted by molar-refractivity contribution is 5.23. The number of rotatable bonds is 11. The Kier molecular flexibility index (Phi) is 8.76. The number of nitrogen functional groups attached to an aromatic ring is 1. The quantitative estimate of drug-likeness (QED) is 0.628. The number of nitrogens with zero attached hydrogens (tertiary/aromatic N) is 2. The molecule has 0 amide bonds. The molecule has 20 heavy (non-hydrogen) atoms. The molecule has 0 atom stereocenters. The maximum Gasteiger partial charge on any atom is 0.349 e. The van der Waals surface area contributed by atoms with Gasteiger partial charge in [0.15, 0.2) is 0 Å². The van der Waals surface area contributed by atoms with Gasteiger partial charge in [0.25, 0.3) is 0 Å². The Hall–Kier alpha value is -1.32. The van der Waals surface area contributed by atoms with E-state index in [0.717, 1.165) is 13.0 Å². The molecule has 0 radical (unpaired) electrons. The van der Waals surface area contributed by atoms with Gasteiger partial charge < -0.3 is 5.73 Å². The molecular formula is C16H29N3O. The zero-order valence-corrected chi connectivity index (χ0v) is 12.8. The van der Waals surface area contributed by atoms with E-state index >= 15 is 0 Å². The van der Waals surface area contributed by atoms with Crippen molar-refractivity contribution in [3.8, 4) is 0 Å². The zero-order valence-electron chi connectivity index (χ0n) is 12.8. The molecule has 0 fully saturated rings. The third-order valence-corrected chi connectivity index (χ3v) is 3.65. The lowest BCUT2D eigenvalue weighted by molar-refractivity contribution is 0.527. The summed E-state index contributed by atoms with van der Waals surface area (Å²) in [6, 6.07) is 1.68. The Balaban J connectivity index is 1.98. The lowest BCUT2D eigenvalue weighted by atomic mass is 10.1. The second-order valence-electron chi connectivity index (χ2n) is 5.51. The van der Waals surface area contributed by atoms with Crippen LogP contribution in [0.2, 0.25) is 0 Å². The topological polar surface area (TPSA) is 60.9 Å². The molecule has 114 valence electrons. The van der Waals surface area contributed by atoms with Gasteiger partial charge in [-0.15, -0.1) is 0 Å². The molecule has 1 heterocycles. The van der Waals surface area contributed by atoms with Gasteiger partial charge in [-0.1, -0.05) is 64.7 Å². The average molecular weight is 279 g/mol. The van der Waals surface area contributed by atoms with Crippen molar-refractivity contribution in [1.82, 2.24) is 9.55 Å². The average Bonchev–Trinajstić information content (AvgIpc) is 2.43. The highest BCUT2D eigenvalue weighted by Gasteiger charge is 1.98. The largest absolute Gasteiger partial charge is 0.383 e. The molecule has 0 aromatic carbocycles. The third-order valence-electron chi connectivity index (χ3n) is 3.65. The van der Waals surface area contributed by atoms with Crippen molar-refractivity contribution in [3.63, 3.8) is 0 Å². The molecule has 0 saturated carbocycles. The van der Waals surface area contributed by atoms with E-state index in [1.807, 2.05) is 0 Å². The van der Waals surface area contributed by atoms with E-state index in [1.54, 1.807) is 16.8 Å². The molecule has 1 aromatic rings. The van der Waals surface area contributed by atoms with Crippen molar-refractivity contribution in [3.05, 3.63) is 22.7 Å². The van der Waals surface area contributed by atoms with E-state index < -0.39 is 0 Å². The van der Waals surface area contributed by atoms with Gasteiger partial charge in [-0.3, -0.25) is 4.57 Å². The number of nitrogens with two attached hydrogens (primary N) is 1. The van der Waals surface area contributed by atoms with Crippen molar-refractivity contribution in [2.24, 2.45) is 0 Å². The predicted molar refractivity (Wildman–Crippen MR) is 84.8 cm³/mol. The van der Waals surface area contributed by atoms with Gasteiger partial charge in [0.1, 0.15) is 5.82 Å². The van der Waals surface area contributed by atoms with Crippen molar-refractivity contribution < 1.29 is 0 Å². The molecule has 1 aromatic heterocycles. The number of unbranched alkanes of at least 4 members (excludes halogenated alkanes) is 9. The maximum absolute atomic E-state index is 11.5. The van der Waals surface area contributed by atoms with E-state index in [2.05, 4.69) is 11.9 Å².